The molecular weight excluding hydrogens is 208 g/mol. The Morgan fingerprint density at radius 3 is 2.88 bits per heavy atom. The van der Waals surface area contributed by atoms with Crippen LogP contribution >= 0.6 is 0 Å². The summed E-state index contributed by atoms with van der Waals surface area (Å²) in [5, 5.41) is 0. The van der Waals surface area contributed by atoms with Gasteiger partial charge < -0.3 is 10.3 Å². The third-order valence-electron chi connectivity index (χ3n) is 4.41. The van der Waals surface area contributed by atoms with Gasteiger partial charge in [-0.2, -0.15) is 0 Å². The van der Waals surface area contributed by atoms with Crippen LogP contribution in [0.5, 0.6) is 0 Å². The molecule has 0 radical (unpaired) electrons. The predicted molar refractivity (Wildman–Crippen MR) is 70.8 cm³/mol. The van der Waals surface area contributed by atoms with E-state index in [1.807, 2.05) is 0 Å². The second-order valence-electron chi connectivity index (χ2n) is 6.79. The summed E-state index contributed by atoms with van der Waals surface area (Å²) in [5.41, 5.74) is 9.57. The van der Waals surface area contributed by atoms with Crippen molar-refractivity contribution in [2.45, 2.75) is 58.5 Å². The molecule has 1 aromatic heterocycles. The Balaban J connectivity index is 1.81. The van der Waals surface area contributed by atoms with Crippen molar-refractivity contribution in [2.75, 3.05) is 0 Å². The fraction of sp³-hybridized carbons (Fsp3) is 0.733. The highest BCUT2D eigenvalue weighted by Crippen LogP contribution is 2.40. The first-order valence-electron chi connectivity index (χ1n) is 6.99. The van der Waals surface area contributed by atoms with Crippen molar-refractivity contribution < 1.29 is 0 Å². The zero-order chi connectivity index (χ0) is 12.0. The normalized spacial score (nSPS) is 26.9. The highest BCUT2D eigenvalue weighted by molar-refractivity contribution is 5.30. The first-order chi connectivity index (χ1) is 8.05. The quantitative estimate of drug-likeness (QED) is 0.852. The Morgan fingerprint density at radius 1 is 1.41 bits per heavy atom. The largest absolute Gasteiger partial charge is 0.351 e. The molecule has 0 saturated heterocycles. The zero-order valence-electron chi connectivity index (χ0n) is 11.1. The van der Waals surface area contributed by atoms with E-state index in [0.29, 0.717) is 5.41 Å². The van der Waals surface area contributed by atoms with Crippen LogP contribution in [0, 0.1) is 11.3 Å². The van der Waals surface area contributed by atoms with Crippen LogP contribution in [0.2, 0.25) is 0 Å². The van der Waals surface area contributed by atoms with E-state index in [1.54, 1.807) is 0 Å². The Kier molecular flexibility index (Phi) is 2.58. The summed E-state index contributed by atoms with van der Waals surface area (Å²) in [5.74, 6) is 1.01. The number of hydrogen-bond acceptors (Lipinski definition) is 1. The summed E-state index contributed by atoms with van der Waals surface area (Å²) in [7, 11) is 0. The first kappa shape index (κ1) is 11.3. The molecule has 1 saturated carbocycles. The molecule has 0 bridgehead atoms. The van der Waals surface area contributed by atoms with E-state index < -0.39 is 0 Å². The van der Waals surface area contributed by atoms with E-state index in [1.165, 1.54) is 43.5 Å². The molecule has 0 aliphatic heterocycles. The third-order valence-corrected chi connectivity index (χ3v) is 4.41. The number of nitrogens with zero attached hydrogens (tertiary/aromatic N) is 1. The van der Waals surface area contributed by atoms with Gasteiger partial charge in [0.1, 0.15) is 0 Å². The second-order valence-corrected chi connectivity index (χ2v) is 6.79. The molecule has 1 heterocycles. The van der Waals surface area contributed by atoms with Crippen molar-refractivity contribution in [2.24, 2.45) is 17.1 Å². The van der Waals surface area contributed by atoms with Crippen LogP contribution < -0.4 is 5.73 Å². The Labute approximate surface area is 104 Å². The highest BCUT2D eigenvalue weighted by Gasteiger charge is 2.32. The minimum Gasteiger partial charge on any atom is -0.351 e. The molecule has 17 heavy (non-hydrogen) atoms. The average Bonchev–Trinajstić information content (AvgIpc) is 2.96. The Bertz CT molecular complexity index is 413. The van der Waals surface area contributed by atoms with Gasteiger partial charge in [0.05, 0.1) is 0 Å². The van der Waals surface area contributed by atoms with Crippen LogP contribution in [-0.2, 0) is 13.0 Å². The van der Waals surface area contributed by atoms with Gasteiger partial charge in [0.15, 0.2) is 0 Å². The molecule has 0 amide bonds. The molecule has 3 rings (SSSR count). The topological polar surface area (TPSA) is 30.9 Å². The molecule has 94 valence electrons. The number of fused-ring (bicyclic) bond motifs is 1. The van der Waals surface area contributed by atoms with E-state index in [4.69, 9.17) is 5.73 Å². The highest BCUT2D eigenvalue weighted by atomic mass is 15.0. The van der Waals surface area contributed by atoms with Gasteiger partial charge in [-0.25, -0.2) is 0 Å². The van der Waals surface area contributed by atoms with E-state index in [-0.39, 0.29) is 6.04 Å². The van der Waals surface area contributed by atoms with Gasteiger partial charge >= 0.3 is 0 Å². The standard InChI is InChI=1S/C15H24N2/c1-15(2)9-13(16)12-6-8-17(14(12)10-15)7-5-11-3-4-11/h6,8,11,13H,3-5,7,9-10,16H2,1-2H3. The van der Waals surface area contributed by atoms with E-state index in [9.17, 15) is 0 Å². The van der Waals surface area contributed by atoms with Gasteiger partial charge in [-0.3, -0.25) is 0 Å². The molecule has 2 aliphatic carbocycles. The number of nitrogens with two attached hydrogens (primary N) is 1. The molecular formula is C15H24N2. The smallest absolute Gasteiger partial charge is 0.0318 e. The van der Waals surface area contributed by atoms with Crippen molar-refractivity contribution in [1.82, 2.24) is 4.57 Å². The molecule has 2 heteroatoms. The van der Waals surface area contributed by atoms with Crippen LogP contribution in [0.3, 0.4) is 0 Å². The summed E-state index contributed by atoms with van der Waals surface area (Å²) in [6.07, 6.45) is 8.83. The van der Waals surface area contributed by atoms with Gasteiger partial charge in [-0.1, -0.05) is 26.7 Å². The number of hydrogen-bond donors (Lipinski definition) is 1. The number of aromatic nitrogens is 1. The number of rotatable bonds is 3. The SMILES string of the molecule is CC1(C)Cc2c(ccn2CCC2CC2)C(N)C1. The molecule has 2 nitrogen and oxygen atoms in total. The van der Waals surface area contributed by atoms with Gasteiger partial charge in [0, 0.05) is 24.5 Å². The Morgan fingerprint density at radius 2 is 2.18 bits per heavy atom. The summed E-state index contributed by atoms with van der Waals surface area (Å²) < 4.78 is 2.47. The van der Waals surface area contributed by atoms with Crippen LogP contribution in [0.1, 0.15) is 56.8 Å². The number of aryl methyl sites for hydroxylation is 1. The average molecular weight is 232 g/mol. The van der Waals surface area contributed by atoms with Crippen molar-refractivity contribution in [3.63, 3.8) is 0 Å². The lowest BCUT2D eigenvalue weighted by Crippen LogP contribution is -2.30. The lowest BCUT2D eigenvalue weighted by atomic mass is 9.74. The van der Waals surface area contributed by atoms with Gasteiger partial charge in [0.2, 0.25) is 0 Å². The molecule has 1 unspecified atom stereocenters. The fourth-order valence-electron chi connectivity index (χ4n) is 3.23. The van der Waals surface area contributed by atoms with Gasteiger partial charge in [0.25, 0.3) is 0 Å². The molecule has 0 aromatic carbocycles. The molecule has 1 aromatic rings. The maximum absolute atomic E-state index is 6.29. The van der Waals surface area contributed by atoms with Crippen molar-refractivity contribution in [3.05, 3.63) is 23.5 Å². The fourth-order valence-corrected chi connectivity index (χ4v) is 3.23. The maximum Gasteiger partial charge on any atom is 0.0318 e. The summed E-state index contributed by atoms with van der Waals surface area (Å²) in [6, 6.07) is 2.50. The molecule has 1 atom stereocenters. The van der Waals surface area contributed by atoms with Crippen molar-refractivity contribution in [3.8, 4) is 0 Å². The van der Waals surface area contributed by atoms with Crippen LogP contribution in [0.25, 0.3) is 0 Å². The van der Waals surface area contributed by atoms with Crippen LogP contribution in [-0.4, -0.2) is 4.57 Å². The van der Waals surface area contributed by atoms with Gasteiger partial charge in [-0.05, 0) is 42.2 Å². The lowest BCUT2D eigenvalue weighted by Gasteiger charge is -2.34. The van der Waals surface area contributed by atoms with Crippen molar-refractivity contribution >= 4 is 0 Å². The second kappa shape index (κ2) is 3.88. The van der Waals surface area contributed by atoms with E-state index in [2.05, 4.69) is 30.7 Å². The van der Waals surface area contributed by atoms with E-state index in [0.717, 1.165) is 12.3 Å². The zero-order valence-corrected chi connectivity index (χ0v) is 11.1. The molecule has 0 spiro atoms. The Hall–Kier alpha value is -0.760. The van der Waals surface area contributed by atoms with Gasteiger partial charge in [-0.15, -0.1) is 0 Å². The first-order valence-corrected chi connectivity index (χ1v) is 6.99. The third kappa shape index (κ3) is 2.28. The summed E-state index contributed by atoms with van der Waals surface area (Å²) in [6.45, 7) is 5.88. The lowest BCUT2D eigenvalue weighted by molar-refractivity contribution is 0.274. The summed E-state index contributed by atoms with van der Waals surface area (Å²) >= 11 is 0. The van der Waals surface area contributed by atoms with Crippen LogP contribution in [0.15, 0.2) is 12.3 Å². The van der Waals surface area contributed by atoms with Crippen molar-refractivity contribution in [1.29, 1.82) is 0 Å². The van der Waals surface area contributed by atoms with Crippen LogP contribution in [0.4, 0.5) is 0 Å². The van der Waals surface area contributed by atoms with E-state index >= 15 is 0 Å². The minimum atomic E-state index is 0.246. The minimum absolute atomic E-state index is 0.246. The molecule has 1 fully saturated rings. The summed E-state index contributed by atoms with van der Waals surface area (Å²) in [4.78, 5) is 0. The maximum atomic E-state index is 6.29. The molecule has 2 aliphatic rings. The monoisotopic (exact) mass is 232 g/mol. The molecule has 2 N–H and O–H groups in total. The predicted octanol–water partition coefficient (Wildman–Crippen LogP) is 3.26.